The number of ether oxygens (including phenoxy) is 1. The molecule has 0 bridgehead atoms. The Balaban J connectivity index is 1.72. The van der Waals surface area contributed by atoms with Crippen LogP contribution in [-0.4, -0.2) is 18.2 Å². The lowest BCUT2D eigenvalue weighted by Crippen LogP contribution is -2.43. The molecule has 0 aromatic carbocycles. The third-order valence-electron chi connectivity index (χ3n) is 4.52. The summed E-state index contributed by atoms with van der Waals surface area (Å²) in [5.41, 5.74) is 6.33. The highest BCUT2D eigenvalue weighted by molar-refractivity contribution is 4.89. The molecule has 2 atom stereocenters. The van der Waals surface area contributed by atoms with Gasteiger partial charge in [0.25, 0.3) is 0 Å². The summed E-state index contributed by atoms with van der Waals surface area (Å²) >= 11 is 0. The van der Waals surface area contributed by atoms with Gasteiger partial charge in [0.15, 0.2) is 0 Å². The van der Waals surface area contributed by atoms with Gasteiger partial charge in [-0.2, -0.15) is 0 Å². The Bertz CT molecular complexity index is 211. The van der Waals surface area contributed by atoms with E-state index in [-0.39, 0.29) is 5.54 Å². The predicted molar refractivity (Wildman–Crippen MR) is 67.4 cm³/mol. The van der Waals surface area contributed by atoms with Crippen LogP contribution in [0.5, 0.6) is 0 Å². The van der Waals surface area contributed by atoms with Gasteiger partial charge in [-0.3, -0.25) is 0 Å². The van der Waals surface area contributed by atoms with E-state index in [4.69, 9.17) is 10.5 Å². The molecule has 0 heterocycles. The highest BCUT2D eigenvalue weighted by atomic mass is 16.5. The van der Waals surface area contributed by atoms with Gasteiger partial charge in [0.05, 0.1) is 12.7 Å². The van der Waals surface area contributed by atoms with Gasteiger partial charge in [0, 0.05) is 5.54 Å². The number of nitrogens with two attached hydrogens (primary N) is 1. The van der Waals surface area contributed by atoms with Crippen molar-refractivity contribution in [1.29, 1.82) is 0 Å². The number of hydrogen-bond acceptors (Lipinski definition) is 2. The SMILES string of the molecule is CCC1CCCC(OCC2(N)CCCC2)C1. The Kier molecular flexibility index (Phi) is 4.26. The molecule has 2 unspecified atom stereocenters. The first-order valence-electron chi connectivity index (χ1n) is 7.12. The van der Waals surface area contributed by atoms with E-state index in [1.54, 1.807) is 0 Å². The van der Waals surface area contributed by atoms with E-state index in [9.17, 15) is 0 Å². The quantitative estimate of drug-likeness (QED) is 0.797. The molecule has 0 aromatic rings. The minimum Gasteiger partial charge on any atom is -0.376 e. The van der Waals surface area contributed by atoms with Gasteiger partial charge in [-0.05, 0) is 31.6 Å². The van der Waals surface area contributed by atoms with Crippen LogP contribution in [0.25, 0.3) is 0 Å². The summed E-state index contributed by atoms with van der Waals surface area (Å²) in [5.74, 6) is 0.899. The van der Waals surface area contributed by atoms with Crippen LogP contribution in [0, 0.1) is 5.92 Å². The summed E-state index contributed by atoms with van der Waals surface area (Å²) in [6, 6.07) is 0. The zero-order valence-electron chi connectivity index (χ0n) is 10.7. The average Bonchev–Trinajstić information content (AvgIpc) is 2.75. The standard InChI is InChI=1S/C14H27NO/c1-2-12-6-5-7-13(10-12)16-11-14(15)8-3-4-9-14/h12-13H,2-11,15H2,1H3. The number of rotatable bonds is 4. The third-order valence-corrected chi connectivity index (χ3v) is 4.52. The van der Waals surface area contributed by atoms with Gasteiger partial charge in [-0.15, -0.1) is 0 Å². The zero-order valence-corrected chi connectivity index (χ0v) is 10.7. The minimum absolute atomic E-state index is 0.0131. The van der Waals surface area contributed by atoms with Crippen LogP contribution < -0.4 is 5.73 Å². The van der Waals surface area contributed by atoms with Crippen molar-refractivity contribution in [2.24, 2.45) is 11.7 Å². The highest BCUT2D eigenvalue weighted by Gasteiger charge is 2.31. The Labute approximate surface area is 99.9 Å². The zero-order chi connectivity index (χ0) is 11.4. The molecule has 0 radical (unpaired) electrons. The van der Waals surface area contributed by atoms with Gasteiger partial charge < -0.3 is 10.5 Å². The topological polar surface area (TPSA) is 35.2 Å². The molecule has 16 heavy (non-hydrogen) atoms. The van der Waals surface area contributed by atoms with Crippen molar-refractivity contribution in [3.63, 3.8) is 0 Å². The minimum atomic E-state index is 0.0131. The molecule has 0 aliphatic heterocycles. The maximum atomic E-state index is 6.32. The van der Waals surface area contributed by atoms with E-state index in [1.807, 2.05) is 0 Å². The molecule has 2 aliphatic rings. The van der Waals surface area contributed by atoms with Gasteiger partial charge in [-0.25, -0.2) is 0 Å². The number of hydrogen-bond donors (Lipinski definition) is 1. The Morgan fingerprint density at radius 1 is 1.19 bits per heavy atom. The fourth-order valence-corrected chi connectivity index (χ4v) is 3.27. The van der Waals surface area contributed by atoms with E-state index in [1.165, 1.54) is 44.9 Å². The summed E-state index contributed by atoms with van der Waals surface area (Å²) in [6.45, 7) is 3.10. The van der Waals surface area contributed by atoms with Crippen molar-refractivity contribution in [3.8, 4) is 0 Å². The molecular weight excluding hydrogens is 198 g/mol. The van der Waals surface area contributed by atoms with Crippen LogP contribution >= 0.6 is 0 Å². The molecule has 0 saturated heterocycles. The molecule has 0 aromatic heterocycles. The molecule has 2 aliphatic carbocycles. The molecule has 2 N–H and O–H groups in total. The van der Waals surface area contributed by atoms with Crippen molar-refractivity contribution in [2.45, 2.75) is 76.4 Å². The van der Waals surface area contributed by atoms with Crippen molar-refractivity contribution < 1.29 is 4.74 Å². The molecular formula is C14H27NO. The third kappa shape index (κ3) is 3.21. The summed E-state index contributed by atoms with van der Waals surface area (Å²) in [5, 5.41) is 0. The van der Waals surface area contributed by atoms with Crippen molar-refractivity contribution in [3.05, 3.63) is 0 Å². The summed E-state index contributed by atoms with van der Waals surface area (Å²) in [6.07, 6.45) is 12.0. The molecule has 2 saturated carbocycles. The average molecular weight is 225 g/mol. The first-order chi connectivity index (χ1) is 7.72. The van der Waals surface area contributed by atoms with Gasteiger partial charge in [0.1, 0.15) is 0 Å². The first kappa shape index (κ1) is 12.4. The van der Waals surface area contributed by atoms with Crippen LogP contribution in [0.1, 0.15) is 64.7 Å². The first-order valence-corrected chi connectivity index (χ1v) is 7.12. The Hall–Kier alpha value is -0.0800. The fourth-order valence-electron chi connectivity index (χ4n) is 3.27. The van der Waals surface area contributed by atoms with Crippen molar-refractivity contribution in [1.82, 2.24) is 0 Å². The lowest BCUT2D eigenvalue weighted by atomic mass is 9.85. The van der Waals surface area contributed by atoms with Crippen LogP contribution in [0.15, 0.2) is 0 Å². The second-order valence-corrected chi connectivity index (χ2v) is 5.94. The summed E-state index contributed by atoms with van der Waals surface area (Å²) in [4.78, 5) is 0. The van der Waals surface area contributed by atoms with E-state index < -0.39 is 0 Å². The van der Waals surface area contributed by atoms with Crippen LogP contribution in [0.2, 0.25) is 0 Å². The molecule has 0 amide bonds. The largest absolute Gasteiger partial charge is 0.376 e. The predicted octanol–water partition coefficient (Wildman–Crippen LogP) is 3.24. The Morgan fingerprint density at radius 3 is 2.62 bits per heavy atom. The summed E-state index contributed by atoms with van der Waals surface area (Å²) < 4.78 is 6.08. The molecule has 2 fully saturated rings. The fraction of sp³-hybridized carbons (Fsp3) is 1.00. The molecule has 94 valence electrons. The van der Waals surface area contributed by atoms with E-state index in [0.717, 1.165) is 25.4 Å². The van der Waals surface area contributed by atoms with E-state index >= 15 is 0 Å². The van der Waals surface area contributed by atoms with Crippen LogP contribution in [-0.2, 0) is 4.74 Å². The lowest BCUT2D eigenvalue weighted by molar-refractivity contribution is -0.0117. The van der Waals surface area contributed by atoms with E-state index in [2.05, 4.69) is 6.92 Å². The molecule has 2 heteroatoms. The van der Waals surface area contributed by atoms with Gasteiger partial charge >= 0.3 is 0 Å². The molecule has 0 spiro atoms. The molecule has 2 nitrogen and oxygen atoms in total. The summed E-state index contributed by atoms with van der Waals surface area (Å²) in [7, 11) is 0. The second kappa shape index (κ2) is 5.50. The smallest absolute Gasteiger partial charge is 0.0649 e. The maximum Gasteiger partial charge on any atom is 0.0649 e. The molecule has 2 rings (SSSR count). The maximum absolute atomic E-state index is 6.32. The van der Waals surface area contributed by atoms with Crippen molar-refractivity contribution >= 4 is 0 Å². The normalized spacial score (nSPS) is 34.1. The second-order valence-electron chi connectivity index (χ2n) is 5.94. The van der Waals surface area contributed by atoms with Crippen molar-refractivity contribution in [2.75, 3.05) is 6.61 Å². The van der Waals surface area contributed by atoms with Gasteiger partial charge in [0.2, 0.25) is 0 Å². The monoisotopic (exact) mass is 225 g/mol. The van der Waals surface area contributed by atoms with E-state index in [0.29, 0.717) is 6.10 Å². The van der Waals surface area contributed by atoms with Gasteiger partial charge in [-0.1, -0.05) is 39.0 Å². The van der Waals surface area contributed by atoms with Crippen LogP contribution in [0.4, 0.5) is 0 Å². The highest BCUT2D eigenvalue weighted by Crippen LogP contribution is 2.31. The van der Waals surface area contributed by atoms with Crippen LogP contribution in [0.3, 0.4) is 0 Å². The lowest BCUT2D eigenvalue weighted by Gasteiger charge is -2.32. The Morgan fingerprint density at radius 2 is 1.94 bits per heavy atom.